The number of Topliss-reactive ketones (excluding diaryl/α,β-unsaturated/α-hetero) is 1. The lowest BCUT2D eigenvalue weighted by molar-refractivity contribution is -0.385. The van der Waals surface area contributed by atoms with Crippen LogP contribution in [0, 0.1) is 31.1 Å². The summed E-state index contributed by atoms with van der Waals surface area (Å²) in [5.74, 6) is -2.80. The Kier molecular flexibility index (Phi) is 6.67. The van der Waals surface area contributed by atoms with Crippen LogP contribution in [0.3, 0.4) is 0 Å². The van der Waals surface area contributed by atoms with Crippen molar-refractivity contribution in [1.82, 2.24) is 19.8 Å². The van der Waals surface area contributed by atoms with Gasteiger partial charge < -0.3 is 14.4 Å². The molecule has 0 saturated carbocycles. The lowest BCUT2D eigenvalue weighted by atomic mass is 9.54. The van der Waals surface area contributed by atoms with E-state index in [1.807, 2.05) is 0 Å². The van der Waals surface area contributed by atoms with Gasteiger partial charge in [-0.1, -0.05) is 0 Å². The van der Waals surface area contributed by atoms with Gasteiger partial charge in [0.1, 0.15) is 0 Å². The van der Waals surface area contributed by atoms with Crippen molar-refractivity contribution in [2.24, 2.45) is 10.8 Å². The molecule has 0 aliphatic carbocycles. The number of hydrogen-bond acceptors (Lipinski definition) is 13. The molecule has 2 aliphatic heterocycles. The number of esters is 2. The van der Waals surface area contributed by atoms with Gasteiger partial charge in [0.25, 0.3) is 11.4 Å². The molecule has 38 heavy (non-hydrogen) atoms. The Morgan fingerprint density at radius 2 is 1.29 bits per heavy atom. The van der Waals surface area contributed by atoms with Gasteiger partial charge in [0.05, 0.1) is 47.5 Å². The van der Waals surface area contributed by atoms with E-state index in [9.17, 15) is 34.6 Å². The molecular weight excluding hydrogens is 504 g/mol. The molecule has 200 valence electrons. The molecule has 0 amide bonds. The number of carbonyl (C=O) groups is 3. The van der Waals surface area contributed by atoms with Gasteiger partial charge in [-0.05, 0) is 14.1 Å². The van der Waals surface area contributed by atoms with E-state index >= 15 is 0 Å². The van der Waals surface area contributed by atoms with Crippen LogP contribution in [0.15, 0.2) is 36.7 Å². The molecule has 15 heteroatoms. The minimum absolute atomic E-state index is 0.00959. The summed E-state index contributed by atoms with van der Waals surface area (Å²) in [6.45, 7) is -0.405. The van der Waals surface area contributed by atoms with Crippen molar-refractivity contribution in [3.63, 3.8) is 0 Å². The Balaban J connectivity index is 2.10. The molecular formula is C23H24N6O9. The molecule has 2 bridgehead atoms. The van der Waals surface area contributed by atoms with Crippen LogP contribution in [0.2, 0.25) is 0 Å². The molecule has 2 aliphatic rings. The first-order valence-corrected chi connectivity index (χ1v) is 11.3. The summed E-state index contributed by atoms with van der Waals surface area (Å²) in [5.41, 5.74) is -4.83. The fourth-order valence-corrected chi connectivity index (χ4v) is 5.94. The maximum atomic E-state index is 14.6. The van der Waals surface area contributed by atoms with Crippen molar-refractivity contribution < 1.29 is 33.7 Å². The normalized spacial score (nSPS) is 27.4. The van der Waals surface area contributed by atoms with Crippen LogP contribution in [-0.4, -0.2) is 88.7 Å². The molecule has 2 aromatic heterocycles. The van der Waals surface area contributed by atoms with E-state index in [0.29, 0.717) is 0 Å². The number of pyridine rings is 2. The van der Waals surface area contributed by atoms with Gasteiger partial charge in [-0.3, -0.25) is 49.5 Å². The Hall–Kier alpha value is -4.37. The molecule has 4 atom stereocenters. The fourth-order valence-electron chi connectivity index (χ4n) is 5.94. The average molecular weight is 528 g/mol. The summed E-state index contributed by atoms with van der Waals surface area (Å²) in [7, 11) is 5.25. The number of rotatable bonds is 6. The monoisotopic (exact) mass is 528 g/mol. The Morgan fingerprint density at radius 3 is 1.63 bits per heavy atom. The third-order valence-electron chi connectivity index (χ3n) is 7.21. The highest BCUT2D eigenvalue weighted by molar-refractivity contribution is 6.17. The van der Waals surface area contributed by atoms with Gasteiger partial charge >= 0.3 is 11.9 Å². The third kappa shape index (κ3) is 3.69. The van der Waals surface area contributed by atoms with Crippen LogP contribution in [0.5, 0.6) is 0 Å². The number of likely N-dealkylation sites (tertiary alicyclic amines) is 2. The second-order valence-electron chi connectivity index (χ2n) is 9.29. The van der Waals surface area contributed by atoms with E-state index in [0.717, 1.165) is 38.5 Å². The fraction of sp³-hybridized carbons (Fsp3) is 0.435. The van der Waals surface area contributed by atoms with E-state index in [-0.39, 0.29) is 35.9 Å². The second kappa shape index (κ2) is 9.50. The number of aromatic nitrogens is 2. The number of nitro groups is 2. The van der Waals surface area contributed by atoms with E-state index < -0.39 is 50.5 Å². The number of ketones is 1. The first kappa shape index (κ1) is 26.7. The van der Waals surface area contributed by atoms with Gasteiger partial charge in [-0.25, -0.2) is 0 Å². The van der Waals surface area contributed by atoms with Crippen molar-refractivity contribution in [3.8, 4) is 0 Å². The van der Waals surface area contributed by atoms with Crippen LogP contribution in [0.4, 0.5) is 11.4 Å². The minimum Gasteiger partial charge on any atom is -0.468 e. The highest BCUT2D eigenvalue weighted by atomic mass is 16.6. The van der Waals surface area contributed by atoms with Gasteiger partial charge in [-0.15, -0.1) is 0 Å². The van der Waals surface area contributed by atoms with E-state index in [2.05, 4.69) is 9.97 Å². The molecule has 0 radical (unpaired) electrons. The Labute approximate surface area is 215 Å². The first-order chi connectivity index (χ1) is 17.9. The molecule has 2 unspecified atom stereocenters. The number of methoxy groups -OCH3 is 2. The summed E-state index contributed by atoms with van der Waals surface area (Å²) < 4.78 is 10.2. The smallest absolute Gasteiger partial charge is 0.322 e. The van der Waals surface area contributed by atoms with Crippen molar-refractivity contribution >= 4 is 29.1 Å². The maximum absolute atomic E-state index is 14.6. The summed E-state index contributed by atoms with van der Waals surface area (Å²) in [4.78, 5) is 75.0. The molecule has 2 aromatic rings. The number of nitrogens with zero attached hydrogens (tertiary/aromatic N) is 6. The zero-order chi connectivity index (χ0) is 28.0. The molecule has 15 nitrogen and oxygen atoms in total. The van der Waals surface area contributed by atoms with Gasteiger partial charge in [0.15, 0.2) is 16.6 Å². The SMILES string of the molecule is COC(=O)C12CN(C)CC(C(=O)OC)(C1=O)[C@@H](c1cc([N+](=O)[O-])ccn1)N(C)[C@H]2c1cc([N+](=O)[O-])ccn1. The predicted molar refractivity (Wildman–Crippen MR) is 126 cm³/mol. The van der Waals surface area contributed by atoms with E-state index in [1.165, 1.54) is 24.3 Å². The zero-order valence-electron chi connectivity index (χ0n) is 20.9. The number of piperidine rings is 2. The minimum atomic E-state index is -2.07. The van der Waals surface area contributed by atoms with Gasteiger partial charge in [-0.2, -0.15) is 0 Å². The number of ether oxygens (including phenoxy) is 2. The molecule has 4 heterocycles. The summed E-state index contributed by atoms with van der Waals surface area (Å²) in [6.07, 6.45) is 2.35. The van der Waals surface area contributed by atoms with Crippen molar-refractivity contribution in [1.29, 1.82) is 0 Å². The second-order valence-corrected chi connectivity index (χ2v) is 9.29. The highest BCUT2D eigenvalue weighted by Crippen LogP contribution is 2.60. The van der Waals surface area contributed by atoms with E-state index in [1.54, 1.807) is 11.9 Å². The number of hydrogen-bond donors (Lipinski definition) is 0. The van der Waals surface area contributed by atoms with Crippen molar-refractivity contribution in [2.75, 3.05) is 41.4 Å². The molecule has 0 spiro atoms. The Bertz CT molecular complexity index is 1250. The predicted octanol–water partition coefficient (Wildman–Crippen LogP) is 0.854. The van der Waals surface area contributed by atoms with Crippen LogP contribution < -0.4 is 0 Å². The zero-order valence-corrected chi connectivity index (χ0v) is 20.9. The van der Waals surface area contributed by atoms with E-state index in [4.69, 9.17) is 9.47 Å². The molecule has 2 fully saturated rings. The maximum Gasteiger partial charge on any atom is 0.322 e. The topological polar surface area (TPSA) is 188 Å². The molecule has 2 saturated heterocycles. The summed E-state index contributed by atoms with van der Waals surface area (Å²) in [5, 5.41) is 23.1. The highest BCUT2D eigenvalue weighted by Gasteiger charge is 2.75. The number of fused-ring (bicyclic) bond motifs is 2. The lowest BCUT2D eigenvalue weighted by Crippen LogP contribution is -2.75. The molecule has 4 rings (SSSR count). The molecule has 0 aromatic carbocycles. The number of carbonyl (C=O) groups excluding carboxylic acids is 3. The largest absolute Gasteiger partial charge is 0.468 e. The summed E-state index contributed by atoms with van der Waals surface area (Å²) >= 11 is 0. The van der Waals surface area contributed by atoms with Crippen LogP contribution >= 0.6 is 0 Å². The van der Waals surface area contributed by atoms with Crippen LogP contribution in [0.25, 0.3) is 0 Å². The quantitative estimate of drug-likeness (QED) is 0.222. The summed E-state index contributed by atoms with van der Waals surface area (Å²) in [6, 6.07) is 2.02. The van der Waals surface area contributed by atoms with Crippen LogP contribution in [0.1, 0.15) is 23.5 Å². The Morgan fingerprint density at radius 1 is 0.895 bits per heavy atom. The average Bonchev–Trinajstić information content (AvgIpc) is 2.89. The lowest BCUT2D eigenvalue weighted by Gasteiger charge is -2.60. The third-order valence-corrected chi connectivity index (χ3v) is 7.21. The van der Waals surface area contributed by atoms with Crippen molar-refractivity contribution in [3.05, 3.63) is 68.3 Å². The van der Waals surface area contributed by atoms with Gasteiger partial charge in [0.2, 0.25) is 0 Å². The molecule has 0 N–H and O–H groups in total. The van der Waals surface area contributed by atoms with Crippen molar-refractivity contribution in [2.45, 2.75) is 12.1 Å². The van der Waals surface area contributed by atoms with Gasteiger partial charge in [0, 0.05) is 49.7 Å². The van der Waals surface area contributed by atoms with Crippen LogP contribution in [-0.2, 0) is 23.9 Å². The standard InChI is InChI=1S/C23H24N6O9/c1-26-11-22(20(31)37-3)17(15-9-13(28(33)34)5-7-24-15)27(2)18(16-10-14(29(35)36)6-8-25-16)23(12-26,19(22)30)21(32)38-4/h5-10,17-18H,11-12H2,1-4H3/t17-,18+,22?,23?. The first-order valence-electron chi connectivity index (χ1n) is 11.3.